The summed E-state index contributed by atoms with van der Waals surface area (Å²) in [6, 6.07) is 5.26. The molecule has 0 atom stereocenters. The molecule has 112 valence electrons. The Hall–Kier alpha value is -1.86. The number of benzene rings is 1. The number of aryl methyl sites for hydroxylation is 1. The molecule has 0 fully saturated rings. The lowest BCUT2D eigenvalue weighted by Crippen LogP contribution is -2.26. The number of imidazole rings is 1. The first kappa shape index (κ1) is 14.1. The number of nitrogens with zero attached hydrogens (tertiary/aromatic N) is 1. The lowest BCUT2D eigenvalue weighted by Gasteiger charge is -2.18. The lowest BCUT2D eigenvalue weighted by atomic mass is 10.0. The van der Waals surface area contributed by atoms with Crippen molar-refractivity contribution >= 4 is 15.7 Å². The standard InChI is InChI=1S/C14H18N4O2S/c19-21(20,18-7-5-12-9-15-10-17-12)13-3-4-14-11(8-13)2-1-6-16-14/h3-4,8-10,16,18H,1-2,5-7H2,(H,15,17). The van der Waals surface area contributed by atoms with Crippen LogP contribution in [0.2, 0.25) is 0 Å². The molecule has 6 nitrogen and oxygen atoms in total. The summed E-state index contributed by atoms with van der Waals surface area (Å²) in [6.07, 6.45) is 5.81. The molecule has 0 bridgehead atoms. The fourth-order valence-corrected chi connectivity index (χ4v) is 3.53. The van der Waals surface area contributed by atoms with Crippen LogP contribution in [0.25, 0.3) is 0 Å². The van der Waals surface area contributed by atoms with Crippen molar-refractivity contribution in [2.75, 3.05) is 18.4 Å². The topological polar surface area (TPSA) is 86.9 Å². The third-order valence-corrected chi connectivity index (χ3v) is 5.03. The Morgan fingerprint density at radius 1 is 1.33 bits per heavy atom. The van der Waals surface area contributed by atoms with Gasteiger partial charge in [-0.05, 0) is 36.6 Å². The second-order valence-corrected chi connectivity index (χ2v) is 6.84. The zero-order valence-electron chi connectivity index (χ0n) is 11.6. The zero-order valence-corrected chi connectivity index (χ0v) is 12.4. The maximum absolute atomic E-state index is 12.3. The maximum Gasteiger partial charge on any atom is 0.240 e. The molecule has 0 saturated heterocycles. The summed E-state index contributed by atoms with van der Waals surface area (Å²) in [5.41, 5.74) is 3.02. The van der Waals surface area contributed by atoms with E-state index in [4.69, 9.17) is 0 Å². The monoisotopic (exact) mass is 306 g/mol. The predicted octanol–water partition coefficient (Wildman–Crippen LogP) is 1.29. The van der Waals surface area contributed by atoms with Gasteiger partial charge in [-0.3, -0.25) is 0 Å². The Morgan fingerprint density at radius 3 is 3.05 bits per heavy atom. The highest BCUT2D eigenvalue weighted by Crippen LogP contribution is 2.24. The average molecular weight is 306 g/mol. The number of fused-ring (bicyclic) bond motifs is 1. The number of nitrogens with one attached hydrogen (secondary N) is 3. The van der Waals surface area contributed by atoms with Gasteiger partial charge in [-0.1, -0.05) is 0 Å². The summed E-state index contributed by atoms with van der Waals surface area (Å²) in [4.78, 5) is 7.18. The quantitative estimate of drug-likeness (QED) is 0.777. The van der Waals surface area contributed by atoms with E-state index in [1.165, 1.54) is 0 Å². The van der Waals surface area contributed by atoms with E-state index in [0.29, 0.717) is 17.9 Å². The van der Waals surface area contributed by atoms with Crippen LogP contribution in [0, 0.1) is 0 Å². The van der Waals surface area contributed by atoms with Gasteiger partial charge in [0.25, 0.3) is 0 Å². The van der Waals surface area contributed by atoms with Crippen LogP contribution in [0.3, 0.4) is 0 Å². The molecule has 0 unspecified atom stereocenters. The number of aromatic amines is 1. The van der Waals surface area contributed by atoms with Crippen LogP contribution < -0.4 is 10.0 Å². The van der Waals surface area contributed by atoms with E-state index < -0.39 is 10.0 Å². The van der Waals surface area contributed by atoms with E-state index >= 15 is 0 Å². The first-order valence-corrected chi connectivity index (χ1v) is 8.47. The van der Waals surface area contributed by atoms with Gasteiger partial charge in [0.2, 0.25) is 10.0 Å². The van der Waals surface area contributed by atoms with Crippen LogP contribution in [-0.2, 0) is 22.9 Å². The van der Waals surface area contributed by atoms with E-state index in [0.717, 1.165) is 36.3 Å². The average Bonchev–Trinajstić information content (AvgIpc) is 3.00. The normalized spacial score (nSPS) is 14.5. The van der Waals surface area contributed by atoms with Crippen molar-refractivity contribution in [3.8, 4) is 0 Å². The minimum absolute atomic E-state index is 0.328. The minimum atomic E-state index is -3.46. The molecule has 0 aliphatic carbocycles. The number of anilines is 1. The van der Waals surface area contributed by atoms with E-state index in [1.54, 1.807) is 24.7 Å². The number of aromatic nitrogens is 2. The third-order valence-electron chi connectivity index (χ3n) is 3.57. The highest BCUT2D eigenvalue weighted by Gasteiger charge is 2.17. The van der Waals surface area contributed by atoms with Crippen LogP contribution >= 0.6 is 0 Å². The molecule has 0 amide bonds. The molecule has 2 aromatic rings. The summed E-state index contributed by atoms with van der Waals surface area (Å²) in [6.45, 7) is 1.29. The van der Waals surface area contributed by atoms with Crippen molar-refractivity contribution in [3.63, 3.8) is 0 Å². The molecule has 0 spiro atoms. The van der Waals surface area contributed by atoms with Crippen LogP contribution in [0.15, 0.2) is 35.6 Å². The van der Waals surface area contributed by atoms with Gasteiger partial charge >= 0.3 is 0 Å². The van der Waals surface area contributed by atoms with Gasteiger partial charge < -0.3 is 10.3 Å². The molecular weight excluding hydrogens is 288 g/mol. The lowest BCUT2D eigenvalue weighted by molar-refractivity contribution is 0.581. The SMILES string of the molecule is O=S(=O)(NCCc1cnc[nH]1)c1ccc2c(c1)CCCN2. The zero-order chi connectivity index (χ0) is 14.7. The molecule has 1 aliphatic heterocycles. The highest BCUT2D eigenvalue weighted by atomic mass is 32.2. The van der Waals surface area contributed by atoms with Gasteiger partial charge in [-0.2, -0.15) is 0 Å². The fourth-order valence-electron chi connectivity index (χ4n) is 2.44. The number of hydrogen-bond donors (Lipinski definition) is 3. The third kappa shape index (κ3) is 3.25. The van der Waals surface area contributed by atoms with E-state index in [1.807, 2.05) is 6.07 Å². The molecule has 0 radical (unpaired) electrons. The van der Waals surface area contributed by atoms with Crippen molar-refractivity contribution in [2.45, 2.75) is 24.2 Å². The Morgan fingerprint density at radius 2 is 2.24 bits per heavy atom. The van der Waals surface area contributed by atoms with Gasteiger partial charge in [0, 0.05) is 37.1 Å². The maximum atomic E-state index is 12.3. The van der Waals surface area contributed by atoms with Crippen LogP contribution in [0.4, 0.5) is 5.69 Å². The first-order chi connectivity index (χ1) is 10.1. The number of sulfonamides is 1. The second-order valence-electron chi connectivity index (χ2n) is 5.07. The van der Waals surface area contributed by atoms with Gasteiger partial charge in [0.05, 0.1) is 11.2 Å². The van der Waals surface area contributed by atoms with Crippen molar-refractivity contribution in [1.29, 1.82) is 0 Å². The summed E-state index contributed by atoms with van der Waals surface area (Å²) in [7, 11) is -3.46. The van der Waals surface area contributed by atoms with E-state index in [-0.39, 0.29) is 0 Å². The Labute approximate surface area is 124 Å². The molecular formula is C14H18N4O2S. The highest BCUT2D eigenvalue weighted by molar-refractivity contribution is 7.89. The largest absolute Gasteiger partial charge is 0.385 e. The predicted molar refractivity (Wildman–Crippen MR) is 80.7 cm³/mol. The minimum Gasteiger partial charge on any atom is -0.385 e. The van der Waals surface area contributed by atoms with Gasteiger partial charge in [0.1, 0.15) is 0 Å². The Kier molecular flexibility index (Phi) is 3.94. The summed E-state index contributed by atoms with van der Waals surface area (Å²) in [5, 5.41) is 3.28. The molecule has 2 heterocycles. The summed E-state index contributed by atoms with van der Waals surface area (Å²) < 4.78 is 27.2. The second kappa shape index (κ2) is 5.87. The van der Waals surface area contributed by atoms with Crippen molar-refractivity contribution in [1.82, 2.24) is 14.7 Å². The fraction of sp³-hybridized carbons (Fsp3) is 0.357. The Balaban J connectivity index is 1.69. The summed E-state index contributed by atoms with van der Waals surface area (Å²) >= 11 is 0. The molecule has 21 heavy (non-hydrogen) atoms. The molecule has 7 heteroatoms. The van der Waals surface area contributed by atoms with Crippen LogP contribution in [0.1, 0.15) is 17.7 Å². The van der Waals surface area contributed by atoms with Gasteiger partial charge in [-0.15, -0.1) is 0 Å². The molecule has 3 N–H and O–H groups in total. The first-order valence-electron chi connectivity index (χ1n) is 6.99. The van der Waals surface area contributed by atoms with Crippen molar-refractivity contribution < 1.29 is 8.42 Å². The smallest absolute Gasteiger partial charge is 0.240 e. The molecule has 1 aromatic heterocycles. The van der Waals surface area contributed by atoms with E-state index in [2.05, 4.69) is 20.0 Å². The van der Waals surface area contributed by atoms with Gasteiger partial charge in [-0.25, -0.2) is 18.1 Å². The van der Waals surface area contributed by atoms with Gasteiger partial charge in [0.15, 0.2) is 0 Å². The molecule has 1 aromatic carbocycles. The molecule has 1 aliphatic rings. The Bertz CT molecular complexity index is 711. The number of H-pyrrole nitrogens is 1. The van der Waals surface area contributed by atoms with Crippen LogP contribution in [-0.4, -0.2) is 31.5 Å². The van der Waals surface area contributed by atoms with Crippen molar-refractivity contribution in [3.05, 3.63) is 42.0 Å². The van der Waals surface area contributed by atoms with Crippen LogP contribution in [0.5, 0.6) is 0 Å². The van der Waals surface area contributed by atoms with E-state index in [9.17, 15) is 8.42 Å². The number of rotatable bonds is 5. The summed E-state index contributed by atoms with van der Waals surface area (Å²) in [5.74, 6) is 0. The molecule has 0 saturated carbocycles. The number of hydrogen-bond acceptors (Lipinski definition) is 4. The van der Waals surface area contributed by atoms with Crippen molar-refractivity contribution in [2.24, 2.45) is 0 Å². The molecule has 3 rings (SSSR count).